The summed E-state index contributed by atoms with van der Waals surface area (Å²) < 4.78 is 5.43. The van der Waals surface area contributed by atoms with E-state index in [0.29, 0.717) is 17.2 Å². The predicted octanol–water partition coefficient (Wildman–Crippen LogP) is 2.42. The number of fused-ring (bicyclic) bond motifs is 1. The number of rotatable bonds is 5. The maximum atomic E-state index is 11.4. The number of aromatic nitrogens is 2. The van der Waals surface area contributed by atoms with Crippen molar-refractivity contribution in [2.45, 2.75) is 19.8 Å². The Morgan fingerprint density at radius 3 is 3.00 bits per heavy atom. The average molecular weight is 321 g/mol. The standard InChI is InChI=1S/C15H19N3O3S/c1-3-10-11-13(18(2)6-9-4-5-21-7-9)16-8-17-14(11)22-12(10)15(19)20/h8-9H,3-7H2,1-2H3,(H,19,20). The van der Waals surface area contributed by atoms with Gasteiger partial charge in [-0.2, -0.15) is 0 Å². The van der Waals surface area contributed by atoms with E-state index in [9.17, 15) is 9.90 Å². The number of aryl methyl sites for hydroxylation is 1. The number of thiophene rings is 1. The summed E-state index contributed by atoms with van der Waals surface area (Å²) in [6.07, 6.45) is 3.23. The topological polar surface area (TPSA) is 75.5 Å². The molecule has 0 amide bonds. The van der Waals surface area contributed by atoms with E-state index in [-0.39, 0.29) is 0 Å². The van der Waals surface area contributed by atoms with E-state index in [1.165, 1.54) is 17.7 Å². The van der Waals surface area contributed by atoms with Crippen LogP contribution < -0.4 is 4.90 Å². The van der Waals surface area contributed by atoms with Gasteiger partial charge in [-0.15, -0.1) is 11.3 Å². The number of hydrogen-bond donors (Lipinski definition) is 1. The monoisotopic (exact) mass is 321 g/mol. The Morgan fingerprint density at radius 1 is 1.55 bits per heavy atom. The summed E-state index contributed by atoms with van der Waals surface area (Å²) in [7, 11) is 2.00. The minimum atomic E-state index is -0.891. The predicted molar refractivity (Wildman–Crippen MR) is 85.9 cm³/mol. The Balaban J connectivity index is 2.03. The highest BCUT2D eigenvalue weighted by atomic mass is 32.1. The molecule has 1 N–H and O–H groups in total. The summed E-state index contributed by atoms with van der Waals surface area (Å²) in [5, 5.41) is 10.3. The molecule has 1 saturated heterocycles. The average Bonchev–Trinajstić information content (AvgIpc) is 3.13. The molecule has 1 aliphatic heterocycles. The molecule has 1 aliphatic rings. The van der Waals surface area contributed by atoms with E-state index in [2.05, 4.69) is 14.9 Å². The van der Waals surface area contributed by atoms with Crippen LogP contribution in [0.3, 0.4) is 0 Å². The highest BCUT2D eigenvalue weighted by molar-refractivity contribution is 7.20. The molecule has 2 aromatic rings. The van der Waals surface area contributed by atoms with Crippen LogP contribution in [0.25, 0.3) is 10.2 Å². The summed E-state index contributed by atoms with van der Waals surface area (Å²) in [6, 6.07) is 0. The molecule has 0 aliphatic carbocycles. The van der Waals surface area contributed by atoms with E-state index in [1.807, 2.05) is 14.0 Å². The molecule has 22 heavy (non-hydrogen) atoms. The molecule has 1 fully saturated rings. The normalized spacial score (nSPS) is 18.0. The van der Waals surface area contributed by atoms with Crippen LogP contribution in [0.5, 0.6) is 0 Å². The zero-order valence-corrected chi connectivity index (χ0v) is 13.5. The van der Waals surface area contributed by atoms with Crippen molar-refractivity contribution in [2.75, 3.05) is 31.7 Å². The molecule has 0 radical (unpaired) electrons. The van der Waals surface area contributed by atoms with Gasteiger partial charge in [-0.25, -0.2) is 14.8 Å². The van der Waals surface area contributed by atoms with Crippen molar-refractivity contribution in [3.05, 3.63) is 16.8 Å². The fourth-order valence-corrected chi connectivity index (χ4v) is 4.04. The summed E-state index contributed by atoms with van der Waals surface area (Å²) in [6.45, 7) is 4.42. The first-order chi connectivity index (χ1) is 10.6. The highest BCUT2D eigenvalue weighted by Gasteiger charge is 2.24. The SMILES string of the molecule is CCc1c(C(=O)O)sc2ncnc(N(C)CC3CCOC3)c12. The van der Waals surface area contributed by atoms with Crippen LogP contribution in [-0.4, -0.2) is 47.8 Å². The number of carboxylic acids is 1. The third-order valence-corrected chi connectivity index (χ3v) is 5.16. The number of nitrogens with zero attached hydrogens (tertiary/aromatic N) is 3. The van der Waals surface area contributed by atoms with Crippen molar-refractivity contribution in [1.82, 2.24) is 9.97 Å². The van der Waals surface area contributed by atoms with Crippen LogP contribution in [0.4, 0.5) is 5.82 Å². The first kappa shape index (κ1) is 15.2. The summed E-state index contributed by atoms with van der Waals surface area (Å²) in [4.78, 5) is 23.3. The molecule has 2 aromatic heterocycles. The second-order valence-electron chi connectivity index (χ2n) is 5.56. The molecular weight excluding hydrogens is 302 g/mol. The lowest BCUT2D eigenvalue weighted by Gasteiger charge is -2.22. The molecular formula is C15H19N3O3S. The number of aromatic carboxylic acids is 1. The molecule has 0 saturated carbocycles. The van der Waals surface area contributed by atoms with Crippen LogP contribution in [-0.2, 0) is 11.2 Å². The van der Waals surface area contributed by atoms with Crippen molar-refractivity contribution in [3.8, 4) is 0 Å². The number of ether oxygens (including phenoxy) is 1. The van der Waals surface area contributed by atoms with Gasteiger partial charge in [-0.3, -0.25) is 0 Å². The minimum Gasteiger partial charge on any atom is -0.477 e. The molecule has 3 rings (SSSR count). The Bertz CT molecular complexity index is 695. The maximum Gasteiger partial charge on any atom is 0.346 e. The first-order valence-corrected chi connectivity index (χ1v) is 8.22. The van der Waals surface area contributed by atoms with Crippen LogP contribution in [0.2, 0.25) is 0 Å². The molecule has 7 heteroatoms. The fourth-order valence-electron chi connectivity index (χ4n) is 2.97. The minimum absolute atomic E-state index is 0.372. The Hall–Kier alpha value is -1.73. The van der Waals surface area contributed by atoms with E-state index >= 15 is 0 Å². The maximum absolute atomic E-state index is 11.4. The lowest BCUT2D eigenvalue weighted by Crippen LogP contribution is -2.26. The van der Waals surface area contributed by atoms with Gasteiger partial charge in [-0.1, -0.05) is 6.92 Å². The highest BCUT2D eigenvalue weighted by Crippen LogP contribution is 2.35. The number of anilines is 1. The van der Waals surface area contributed by atoms with Gasteiger partial charge in [0.05, 0.1) is 12.0 Å². The van der Waals surface area contributed by atoms with E-state index in [4.69, 9.17) is 4.74 Å². The van der Waals surface area contributed by atoms with Crippen LogP contribution in [0.15, 0.2) is 6.33 Å². The van der Waals surface area contributed by atoms with Gasteiger partial charge in [0, 0.05) is 26.1 Å². The molecule has 1 unspecified atom stereocenters. The van der Waals surface area contributed by atoms with Gasteiger partial charge in [0.2, 0.25) is 0 Å². The molecule has 0 bridgehead atoms. The largest absolute Gasteiger partial charge is 0.477 e. The number of carboxylic acid groups (broad SMARTS) is 1. The zero-order valence-electron chi connectivity index (χ0n) is 12.7. The Labute approximate surface area is 132 Å². The lowest BCUT2D eigenvalue weighted by atomic mass is 10.1. The smallest absolute Gasteiger partial charge is 0.346 e. The quantitative estimate of drug-likeness (QED) is 0.911. The van der Waals surface area contributed by atoms with Crippen LogP contribution in [0.1, 0.15) is 28.6 Å². The molecule has 3 heterocycles. The van der Waals surface area contributed by atoms with E-state index in [0.717, 1.165) is 47.8 Å². The van der Waals surface area contributed by atoms with Gasteiger partial charge in [0.15, 0.2) is 0 Å². The fraction of sp³-hybridized carbons (Fsp3) is 0.533. The molecule has 0 aromatic carbocycles. The Kier molecular flexibility index (Phi) is 4.26. The van der Waals surface area contributed by atoms with Crippen molar-refractivity contribution in [3.63, 3.8) is 0 Å². The second kappa shape index (κ2) is 6.18. The molecule has 1 atom stereocenters. The van der Waals surface area contributed by atoms with Crippen molar-refractivity contribution in [2.24, 2.45) is 5.92 Å². The zero-order chi connectivity index (χ0) is 15.7. The van der Waals surface area contributed by atoms with Crippen LogP contribution >= 0.6 is 11.3 Å². The first-order valence-electron chi connectivity index (χ1n) is 7.40. The van der Waals surface area contributed by atoms with Gasteiger partial charge in [0.25, 0.3) is 0 Å². The molecule has 6 nitrogen and oxygen atoms in total. The van der Waals surface area contributed by atoms with Gasteiger partial charge in [0.1, 0.15) is 21.9 Å². The van der Waals surface area contributed by atoms with Crippen LogP contribution in [0, 0.1) is 5.92 Å². The van der Waals surface area contributed by atoms with Gasteiger partial charge < -0.3 is 14.7 Å². The van der Waals surface area contributed by atoms with Crippen molar-refractivity contribution in [1.29, 1.82) is 0 Å². The summed E-state index contributed by atoms with van der Waals surface area (Å²) >= 11 is 1.23. The third kappa shape index (κ3) is 2.66. The summed E-state index contributed by atoms with van der Waals surface area (Å²) in [5.41, 5.74) is 0.831. The van der Waals surface area contributed by atoms with E-state index < -0.39 is 5.97 Å². The molecule has 0 spiro atoms. The van der Waals surface area contributed by atoms with Gasteiger partial charge in [-0.05, 0) is 18.4 Å². The van der Waals surface area contributed by atoms with Crippen molar-refractivity contribution < 1.29 is 14.6 Å². The molecule has 118 valence electrons. The Morgan fingerprint density at radius 2 is 2.36 bits per heavy atom. The second-order valence-corrected chi connectivity index (χ2v) is 6.56. The van der Waals surface area contributed by atoms with E-state index in [1.54, 1.807) is 0 Å². The number of hydrogen-bond acceptors (Lipinski definition) is 6. The summed E-state index contributed by atoms with van der Waals surface area (Å²) in [5.74, 6) is 0.424. The van der Waals surface area contributed by atoms with Gasteiger partial charge >= 0.3 is 5.97 Å². The lowest BCUT2D eigenvalue weighted by molar-refractivity contribution is 0.0701. The van der Waals surface area contributed by atoms with Crippen molar-refractivity contribution >= 4 is 33.3 Å². The number of carbonyl (C=O) groups is 1. The third-order valence-electron chi connectivity index (χ3n) is 4.03.